The maximum absolute atomic E-state index is 13.4. The fourth-order valence-electron chi connectivity index (χ4n) is 4.11. The molecule has 1 aliphatic heterocycles. The lowest BCUT2D eigenvalue weighted by atomic mass is 9.95. The van der Waals surface area contributed by atoms with Gasteiger partial charge in [-0.2, -0.15) is 0 Å². The second-order valence-electron chi connectivity index (χ2n) is 8.67. The van der Waals surface area contributed by atoms with E-state index in [0.717, 1.165) is 22.5 Å². The van der Waals surface area contributed by atoms with Gasteiger partial charge in [0.1, 0.15) is 0 Å². The lowest BCUT2D eigenvalue weighted by Crippen LogP contribution is -2.30. The molecular weight excluding hydrogens is 607 g/mol. The molecule has 0 saturated heterocycles. The van der Waals surface area contributed by atoms with E-state index >= 15 is 0 Å². The number of benzene rings is 3. The topological polar surface area (TPSA) is 127 Å². The zero-order valence-electron chi connectivity index (χ0n) is 20.8. The average molecular weight is 626 g/mol. The number of aliphatic hydroxyl groups is 1. The maximum atomic E-state index is 13.4. The van der Waals surface area contributed by atoms with E-state index in [9.17, 15) is 24.8 Å². The van der Waals surface area contributed by atoms with Crippen LogP contribution in [-0.2, 0) is 15.3 Å². The number of ketones is 1. The van der Waals surface area contributed by atoms with Crippen molar-refractivity contribution in [3.05, 3.63) is 127 Å². The number of aliphatic hydroxyl groups excluding tert-OH is 1. The number of hydrogen-bond acceptors (Lipinski definition) is 9. The van der Waals surface area contributed by atoms with Crippen molar-refractivity contribution in [2.24, 2.45) is 0 Å². The molecule has 1 unspecified atom stereocenters. The molecule has 0 spiro atoms. The Kier molecular flexibility index (Phi) is 8.50. The van der Waals surface area contributed by atoms with Crippen molar-refractivity contribution in [1.82, 2.24) is 10.2 Å². The number of halogens is 2. The molecule has 13 heteroatoms. The molecule has 5 rings (SSSR count). The Labute approximate surface area is 251 Å². The van der Waals surface area contributed by atoms with Crippen LogP contribution in [0.5, 0.6) is 0 Å². The van der Waals surface area contributed by atoms with Crippen LogP contribution in [0.15, 0.2) is 94.5 Å². The molecule has 0 aliphatic carbocycles. The molecule has 1 atom stereocenters. The molecular formula is C28H18Cl2N4O5S2. The zero-order valence-corrected chi connectivity index (χ0v) is 24.0. The molecule has 41 heavy (non-hydrogen) atoms. The second-order valence-corrected chi connectivity index (χ2v) is 11.7. The van der Waals surface area contributed by atoms with Crippen molar-refractivity contribution in [1.29, 1.82) is 0 Å². The van der Waals surface area contributed by atoms with Gasteiger partial charge < -0.3 is 5.11 Å². The lowest BCUT2D eigenvalue weighted by molar-refractivity contribution is -0.384. The number of thioether (sulfide) groups is 1. The quantitative estimate of drug-likeness (QED) is 0.0679. The second kappa shape index (κ2) is 12.2. The van der Waals surface area contributed by atoms with Crippen LogP contribution in [0.25, 0.3) is 6.08 Å². The van der Waals surface area contributed by atoms with Crippen molar-refractivity contribution in [2.75, 3.05) is 4.90 Å². The minimum atomic E-state index is -1.09. The van der Waals surface area contributed by atoms with Crippen molar-refractivity contribution in [2.45, 2.75) is 16.1 Å². The Morgan fingerprint density at radius 3 is 2.51 bits per heavy atom. The fourth-order valence-corrected chi connectivity index (χ4v) is 6.54. The minimum absolute atomic E-state index is 0.143. The highest BCUT2D eigenvalue weighted by Gasteiger charge is 2.45. The fraction of sp³-hybridized carbons (Fsp3) is 0.0714. The Morgan fingerprint density at radius 1 is 1.10 bits per heavy atom. The van der Waals surface area contributed by atoms with Crippen LogP contribution in [0.1, 0.15) is 22.7 Å². The summed E-state index contributed by atoms with van der Waals surface area (Å²) >= 11 is 14.7. The third-order valence-electron chi connectivity index (χ3n) is 6.09. The minimum Gasteiger partial charge on any atom is -0.503 e. The third kappa shape index (κ3) is 6.18. The van der Waals surface area contributed by atoms with Gasteiger partial charge in [-0.1, -0.05) is 88.8 Å². The number of allylic oxidation sites excluding steroid dienone is 1. The van der Waals surface area contributed by atoms with Crippen LogP contribution in [0.2, 0.25) is 10.0 Å². The highest BCUT2D eigenvalue weighted by Crippen LogP contribution is 2.43. The Balaban J connectivity index is 1.47. The molecule has 1 aromatic heterocycles. The van der Waals surface area contributed by atoms with E-state index in [1.165, 1.54) is 47.0 Å². The summed E-state index contributed by atoms with van der Waals surface area (Å²) < 4.78 is 0.518. The molecule has 0 saturated carbocycles. The molecule has 4 aromatic rings. The summed E-state index contributed by atoms with van der Waals surface area (Å²) in [5.74, 6) is -1.70. The van der Waals surface area contributed by atoms with Crippen molar-refractivity contribution < 1.29 is 19.6 Å². The van der Waals surface area contributed by atoms with E-state index in [-0.39, 0.29) is 16.4 Å². The van der Waals surface area contributed by atoms with E-state index in [0.29, 0.717) is 25.7 Å². The number of carbonyl (C=O) groups is 2. The van der Waals surface area contributed by atoms with Gasteiger partial charge in [0.15, 0.2) is 15.9 Å². The van der Waals surface area contributed by atoms with E-state index in [1.54, 1.807) is 36.4 Å². The largest absolute Gasteiger partial charge is 0.503 e. The first-order chi connectivity index (χ1) is 19.7. The SMILES string of the molecule is O=C(C=Cc1ccccc1)C1=C(O)C(=O)N(c2nnc(SCc3ccc(Cl)cc3Cl)s2)C1c1ccc([N+](=O)[O-])cc1. The number of amides is 1. The van der Waals surface area contributed by atoms with E-state index in [4.69, 9.17) is 23.2 Å². The van der Waals surface area contributed by atoms with Crippen LogP contribution in [0, 0.1) is 10.1 Å². The predicted molar refractivity (Wildman–Crippen MR) is 159 cm³/mol. The van der Waals surface area contributed by atoms with Gasteiger partial charge in [-0.05, 0) is 47.0 Å². The first-order valence-electron chi connectivity index (χ1n) is 11.9. The first-order valence-corrected chi connectivity index (χ1v) is 14.5. The zero-order chi connectivity index (χ0) is 29.1. The molecule has 1 aliphatic rings. The number of aromatic nitrogens is 2. The molecule has 0 bridgehead atoms. The smallest absolute Gasteiger partial charge is 0.296 e. The summed E-state index contributed by atoms with van der Waals surface area (Å²) in [4.78, 5) is 38.6. The molecule has 1 N–H and O–H groups in total. The van der Waals surface area contributed by atoms with E-state index in [1.807, 2.05) is 18.2 Å². The summed E-state index contributed by atoms with van der Waals surface area (Å²) in [7, 11) is 0. The Bertz CT molecular complexity index is 1710. The predicted octanol–water partition coefficient (Wildman–Crippen LogP) is 7.23. The molecule has 3 aromatic carbocycles. The number of nitro groups is 1. The van der Waals surface area contributed by atoms with Gasteiger partial charge in [0.05, 0.1) is 16.5 Å². The number of anilines is 1. The number of carbonyl (C=O) groups excluding carboxylic acids is 2. The molecule has 0 fully saturated rings. The van der Waals surface area contributed by atoms with Gasteiger partial charge in [0.25, 0.3) is 11.6 Å². The highest BCUT2D eigenvalue weighted by molar-refractivity contribution is 8.00. The molecule has 9 nitrogen and oxygen atoms in total. The van der Waals surface area contributed by atoms with E-state index in [2.05, 4.69) is 10.2 Å². The van der Waals surface area contributed by atoms with Gasteiger partial charge in [-0.3, -0.25) is 24.6 Å². The number of nitrogens with zero attached hydrogens (tertiary/aromatic N) is 4. The molecule has 2 heterocycles. The van der Waals surface area contributed by atoms with Gasteiger partial charge in [0, 0.05) is 27.9 Å². The van der Waals surface area contributed by atoms with Crippen molar-refractivity contribution in [3.63, 3.8) is 0 Å². The highest BCUT2D eigenvalue weighted by atomic mass is 35.5. The number of rotatable bonds is 9. The summed E-state index contributed by atoms with van der Waals surface area (Å²) in [5, 5.41) is 31.6. The Hall–Kier alpha value is -4.03. The van der Waals surface area contributed by atoms with Crippen LogP contribution in [-0.4, -0.2) is 31.9 Å². The molecule has 0 radical (unpaired) electrons. The third-order valence-corrected chi connectivity index (χ3v) is 8.78. The summed E-state index contributed by atoms with van der Waals surface area (Å²) in [6.07, 6.45) is 2.84. The van der Waals surface area contributed by atoms with Gasteiger partial charge in [-0.15, -0.1) is 10.2 Å². The van der Waals surface area contributed by atoms with Crippen molar-refractivity contribution in [3.8, 4) is 0 Å². The van der Waals surface area contributed by atoms with E-state index < -0.39 is 28.4 Å². The normalized spacial score (nSPS) is 15.2. The van der Waals surface area contributed by atoms with Gasteiger partial charge in [-0.25, -0.2) is 0 Å². The number of non-ortho nitro benzene ring substituents is 1. The number of hydrogen-bond donors (Lipinski definition) is 1. The Morgan fingerprint density at radius 2 is 1.83 bits per heavy atom. The van der Waals surface area contributed by atoms with Crippen LogP contribution < -0.4 is 4.90 Å². The molecule has 206 valence electrons. The summed E-state index contributed by atoms with van der Waals surface area (Å²) in [6.45, 7) is 0. The average Bonchev–Trinajstić information content (AvgIpc) is 3.53. The standard InChI is InChI=1S/C28H18Cl2N4O5S2/c29-19-10-7-18(21(30)14-19)15-40-28-32-31-27(41-28)33-24(17-8-11-20(12-9-17)34(38)39)23(25(36)26(33)37)22(35)13-6-16-4-2-1-3-5-16/h1-14,24,36H,15H2. The molecule has 1 amide bonds. The summed E-state index contributed by atoms with van der Waals surface area (Å²) in [6, 6.07) is 18.6. The van der Waals surface area contributed by atoms with Crippen molar-refractivity contribution >= 4 is 74.9 Å². The van der Waals surface area contributed by atoms with Crippen LogP contribution >= 0.6 is 46.3 Å². The van der Waals surface area contributed by atoms with Crippen LogP contribution in [0.3, 0.4) is 0 Å². The first kappa shape index (κ1) is 28.5. The maximum Gasteiger partial charge on any atom is 0.296 e. The van der Waals surface area contributed by atoms with Crippen LogP contribution in [0.4, 0.5) is 10.8 Å². The summed E-state index contributed by atoms with van der Waals surface area (Å²) in [5.41, 5.74) is 1.62. The van der Waals surface area contributed by atoms with Gasteiger partial charge in [0.2, 0.25) is 5.13 Å². The monoisotopic (exact) mass is 624 g/mol. The lowest BCUT2D eigenvalue weighted by Gasteiger charge is -2.23. The number of nitro benzene ring substituents is 1. The van der Waals surface area contributed by atoms with Gasteiger partial charge >= 0.3 is 0 Å².